The molecule has 2 N–H and O–H groups in total. The van der Waals surface area contributed by atoms with Gasteiger partial charge in [0, 0.05) is 12.4 Å². The number of hydrogen-bond acceptors (Lipinski definition) is 3. The van der Waals surface area contributed by atoms with Crippen LogP contribution in [0.1, 0.15) is 28.9 Å². The molecule has 104 valence electrons. The first-order valence-corrected chi connectivity index (χ1v) is 5.88. The quantitative estimate of drug-likeness (QED) is 0.901. The molecule has 4 nitrogen and oxygen atoms in total. The number of nitrogens with one attached hydrogen (secondary N) is 1. The highest BCUT2D eigenvalue weighted by Gasteiger charge is 2.16. The number of aromatic nitrogens is 1. The zero-order valence-corrected chi connectivity index (χ0v) is 10.6. The molecule has 1 unspecified atom stereocenters. The number of carboxylic acids is 1. The Morgan fingerprint density at radius 1 is 1.35 bits per heavy atom. The van der Waals surface area contributed by atoms with Crippen molar-refractivity contribution in [2.75, 3.05) is 5.32 Å². The summed E-state index contributed by atoms with van der Waals surface area (Å²) >= 11 is 0. The number of nitrogens with zero attached hydrogens (tertiary/aromatic N) is 1. The Hall–Kier alpha value is -2.50. The normalized spacial score (nSPS) is 11.9. The highest BCUT2D eigenvalue weighted by atomic mass is 19.1. The minimum absolute atomic E-state index is 0.355. The first-order chi connectivity index (χ1) is 9.49. The summed E-state index contributed by atoms with van der Waals surface area (Å²) < 4.78 is 27.5. The SMILES string of the molecule is CC(Nc1c(F)cc(C(=O)O)cc1F)c1cccnc1. The molecular weight excluding hydrogens is 266 g/mol. The molecule has 0 radical (unpaired) electrons. The number of benzene rings is 1. The Kier molecular flexibility index (Phi) is 3.93. The summed E-state index contributed by atoms with van der Waals surface area (Å²) in [6, 6.07) is 4.68. The summed E-state index contributed by atoms with van der Waals surface area (Å²) in [6.45, 7) is 1.72. The lowest BCUT2D eigenvalue weighted by molar-refractivity contribution is 0.0696. The standard InChI is InChI=1S/C14H12F2N2O2/c1-8(9-3-2-4-17-7-9)18-13-11(15)5-10(14(19)20)6-12(13)16/h2-8,18H,1H3,(H,19,20). The molecule has 0 amide bonds. The van der Waals surface area contributed by atoms with Crippen LogP contribution in [0.2, 0.25) is 0 Å². The van der Waals surface area contributed by atoms with Crippen molar-refractivity contribution < 1.29 is 18.7 Å². The Labute approximate surface area is 114 Å². The van der Waals surface area contributed by atoms with Gasteiger partial charge in [-0.1, -0.05) is 6.07 Å². The molecule has 1 aromatic carbocycles. The molecule has 0 saturated carbocycles. The zero-order valence-electron chi connectivity index (χ0n) is 10.6. The van der Waals surface area contributed by atoms with Crippen LogP contribution in [0.25, 0.3) is 0 Å². The van der Waals surface area contributed by atoms with Gasteiger partial charge in [0.25, 0.3) is 0 Å². The Balaban J connectivity index is 2.28. The van der Waals surface area contributed by atoms with Crippen LogP contribution in [-0.2, 0) is 0 Å². The second-order valence-electron chi connectivity index (χ2n) is 4.27. The molecule has 0 spiro atoms. The molecule has 1 aromatic heterocycles. The van der Waals surface area contributed by atoms with E-state index in [1.807, 2.05) is 0 Å². The topological polar surface area (TPSA) is 62.2 Å². The lowest BCUT2D eigenvalue weighted by Crippen LogP contribution is -2.11. The van der Waals surface area contributed by atoms with Gasteiger partial charge in [0.15, 0.2) is 0 Å². The molecule has 6 heteroatoms. The van der Waals surface area contributed by atoms with Crippen molar-refractivity contribution >= 4 is 11.7 Å². The first kappa shape index (κ1) is 13.9. The Morgan fingerprint density at radius 2 is 2.00 bits per heavy atom. The highest BCUT2D eigenvalue weighted by Crippen LogP contribution is 2.25. The maximum atomic E-state index is 13.8. The zero-order chi connectivity index (χ0) is 14.7. The number of rotatable bonds is 4. The van der Waals surface area contributed by atoms with Crippen molar-refractivity contribution in [1.29, 1.82) is 0 Å². The molecule has 0 fully saturated rings. The van der Waals surface area contributed by atoms with Gasteiger partial charge in [0.1, 0.15) is 17.3 Å². The van der Waals surface area contributed by atoms with Gasteiger partial charge in [-0.3, -0.25) is 4.98 Å². The van der Waals surface area contributed by atoms with E-state index in [9.17, 15) is 13.6 Å². The number of hydrogen-bond donors (Lipinski definition) is 2. The summed E-state index contributed by atoms with van der Waals surface area (Å²) in [5.41, 5.74) is -0.0282. The molecule has 0 aliphatic rings. The van der Waals surface area contributed by atoms with Crippen molar-refractivity contribution in [2.45, 2.75) is 13.0 Å². The molecule has 1 atom stereocenters. The third-order valence-electron chi connectivity index (χ3n) is 2.83. The van der Waals surface area contributed by atoms with Crippen LogP contribution in [0.15, 0.2) is 36.7 Å². The van der Waals surface area contributed by atoms with Gasteiger partial charge in [0.05, 0.1) is 11.6 Å². The molecule has 0 bridgehead atoms. The van der Waals surface area contributed by atoms with Gasteiger partial charge in [-0.25, -0.2) is 13.6 Å². The van der Waals surface area contributed by atoms with Crippen LogP contribution in [0.4, 0.5) is 14.5 Å². The summed E-state index contributed by atoms with van der Waals surface area (Å²) in [5, 5.41) is 11.4. The van der Waals surface area contributed by atoms with E-state index in [4.69, 9.17) is 5.11 Å². The van der Waals surface area contributed by atoms with Gasteiger partial charge < -0.3 is 10.4 Å². The molecule has 0 aliphatic heterocycles. The van der Waals surface area contributed by atoms with E-state index in [1.54, 1.807) is 31.5 Å². The van der Waals surface area contributed by atoms with Crippen LogP contribution < -0.4 is 5.32 Å². The van der Waals surface area contributed by atoms with Gasteiger partial charge >= 0.3 is 5.97 Å². The minimum atomic E-state index is -1.38. The van der Waals surface area contributed by atoms with E-state index < -0.39 is 23.2 Å². The predicted octanol–water partition coefficient (Wildman–Crippen LogP) is 3.23. The smallest absolute Gasteiger partial charge is 0.335 e. The fourth-order valence-electron chi connectivity index (χ4n) is 1.77. The number of anilines is 1. The molecule has 1 heterocycles. The monoisotopic (exact) mass is 278 g/mol. The molecule has 2 aromatic rings. The van der Waals surface area contributed by atoms with E-state index in [0.717, 1.165) is 17.7 Å². The summed E-state index contributed by atoms with van der Waals surface area (Å²) in [7, 11) is 0. The third kappa shape index (κ3) is 2.90. The fraction of sp³-hybridized carbons (Fsp3) is 0.143. The molecule has 0 aliphatic carbocycles. The maximum absolute atomic E-state index is 13.8. The average molecular weight is 278 g/mol. The average Bonchev–Trinajstić information content (AvgIpc) is 2.43. The second-order valence-corrected chi connectivity index (χ2v) is 4.27. The van der Waals surface area contributed by atoms with Gasteiger partial charge in [-0.05, 0) is 30.7 Å². The predicted molar refractivity (Wildman–Crippen MR) is 69.6 cm³/mol. The lowest BCUT2D eigenvalue weighted by Gasteiger charge is -2.16. The van der Waals surface area contributed by atoms with Crippen LogP contribution in [0.3, 0.4) is 0 Å². The summed E-state index contributed by atoms with van der Waals surface area (Å²) in [5.74, 6) is -3.27. The van der Waals surface area contributed by atoms with Crippen LogP contribution in [0.5, 0.6) is 0 Å². The lowest BCUT2D eigenvalue weighted by atomic mass is 10.1. The van der Waals surface area contributed by atoms with E-state index in [1.165, 1.54) is 0 Å². The maximum Gasteiger partial charge on any atom is 0.335 e. The first-order valence-electron chi connectivity index (χ1n) is 5.88. The van der Waals surface area contributed by atoms with E-state index in [2.05, 4.69) is 10.3 Å². The van der Waals surface area contributed by atoms with Gasteiger partial charge in [0.2, 0.25) is 0 Å². The van der Waals surface area contributed by atoms with Crippen LogP contribution >= 0.6 is 0 Å². The molecule has 20 heavy (non-hydrogen) atoms. The van der Waals surface area contributed by atoms with Crippen molar-refractivity contribution in [3.63, 3.8) is 0 Å². The van der Waals surface area contributed by atoms with E-state index >= 15 is 0 Å². The minimum Gasteiger partial charge on any atom is -0.478 e. The van der Waals surface area contributed by atoms with E-state index in [-0.39, 0.29) is 11.7 Å². The number of halogens is 2. The number of carbonyl (C=O) groups is 1. The van der Waals surface area contributed by atoms with Crippen molar-refractivity contribution in [2.24, 2.45) is 0 Å². The van der Waals surface area contributed by atoms with Crippen molar-refractivity contribution in [3.05, 3.63) is 59.4 Å². The second kappa shape index (κ2) is 5.64. The number of aromatic carboxylic acids is 1. The molecular formula is C14H12F2N2O2. The van der Waals surface area contributed by atoms with Gasteiger partial charge in [-0.2, -0.15) is 0 Å². The molecule has 2 rings (SSSR count). The van der Waals surface area contributed by atoms with Gasteiger partial charge in [-0.15, -0.1) is 0 Å². The van der Waals surface area contributed by atoms with Crippen LogP contribution in [-0.4, -0.2) is 16.1 Å². The number of carboxylic acid groups (broad SMARTS) is 1. The molecule has 0 saturated heterocycles. The number of pyridine rings is 1. The summed E-state index contributed by atoms with van der Waals surface area (Å²) in [4.78, 5) is 14.6. The summed E-state index contributed by atoms with van der Waals surface area (Å²) in [6.07, 6.45) is 3.18. The fourth-order valence-corrected chi connectivity index (χ4v) is 1.77. The third-order valence-corrected chi connectivity index (χ3v) is 2.83. The highest BCUT2D eigenvalue weighted by molar-refractivity contribution is 5.88. The Morgan fingerprint density at radius 3 is 2.50 bits per heavy atom. The largest absolute Gasteiger partial charge is 0.478 e. The van der Waals surface area contributed by atoms with Crippen molar-refractivity contribution in [3.8, 4) is 0 Å². The van der Waals surface area contributed by atoms with Crippen molar-refractivity contribution in [1.82, 2.24) is 4.98 Å². The van der Waals surface area contributed by atoms with E-state index in [0.29, 0.717) is 0 Å². The van der Waals surface area contributed by atoms with Crippen LogP contribution in [0, 0.1) is 11.6 Å². The Bertz CT molecular complexity index is 609.